The fourth-order valence-electron chi connectivity index (χ4n) is 2.17. The van der Waals surface area contributed by atoms with Crippen LogP contribution in [-0.2, 0) is 6.54 Å². The highest BCUT2D eigenvalue weighted by Crippen LogP contribution is 2.31. The van der Waals surface area contributed by atoms with E-state index in [1.807, 2.05) is 55.2 Å². The summed E-state index contributed by atoms with van der Waals surface area (Å²) in [5.74, 6) is 0. The minimum absolute atomic E-state index is 0.672. The zero-order chi connectivity index (χ0) is 16.2. The quantitative estimate of drug-likeness (QED) is 0.756. The molecule has 6 heteroatoms. The van der Waals surface area contributed by atoms with Gasteiger partial charge in [-0.05, 0) is 55.6 Å². The Kier molecular flexibility index (Phi) is 5.00. The Morgan fingerprint density at radius 1 is 1.22 bits per heavy atom. The van der Waals surface area contributed by atoms with Gasteiger partial charge in [0.2, 0.25) is 0 Å². The van der Waals surface area contributed by atoms with Gasteiger partial charge in [-0.15, -0.1) is 0 Å². The van der Waals surface area contributed by atoms with E-state index < -0.39 is 0 Å². The van der Waals surface area contributed by atoms with E-state index in [2.05, 4.69) is 27.5 Å². The van der Waals surface area contributed by atoms with Crippen LogP contribution in [0.3, 0.4) is 0 Å². The van der Waals surface area contributed by atoms with Gasteiger partial charge in [-0.3, -0.25) is 0 Å². The largest absolute Gasteiger partial charge is 0.314 e. The summed E-state index contributed by atoms with van der Waals surface area (Å²) in [6, 6.07) is 13.8. The summed E-state index contributed by atoms with van der Waals surface area (Å²) in [5.41, 5.74) is 2.97. The standard InChI is InChI=1S/C17H17ClN4S/c1-12-7-8-16(20-10-12)23-17-9-13(11-19-2)21-22(17)15-6-4-3-5-14(15)18/h3-10,19H,11H2,1-2H3. The predicted molar refractivity (Wildman–Crippen MR) is 94.4 cm³/mol. The van der Waals surface area contributed by atoms with E-state index in [1.54, 1.807) is 11.8 Å². The van der Waals surface area contributed by atoms with E-state index in [1.165, 1.54) is 0 Å². The van der Waals surface area contributed by atoms with Crippen LogP contribution in [0.15, 0.2) is 58.7 Å². The van der Waals surface area contributed by atoms with Gasteiger partial charge in [-0.2, -0.15) is 5.10 Å². The molecule has 1 N–H and O–H groups in total. The molecule has 0 aliphatic carbocycles. The van der Waals surface area contributed by atoms with Crippen LogP contribution in [0.5, 0.6) is 0 Å². The molecule has 118 valence electrons. The number of pyridine rings is 1. The van der Waals surface area contributed by atoms with E-state index >= 15 is 0 Å². The van der Waals surface area contributed by atoms with Crippen molar-refractivity contribution in [2.24, 2.45) is 0 Å². The highest BCUT2D eigenvalue weighted by Gasteiger charge is 2.13. The molecule has 2 aromatic heterocycles. The van der Waals surface area contributed by atoms with Gasteiger partial charge in [0, 0.05) is 12.7 Å². The Morgan fingerprint density at radius 2 is 2.04 bits per heavy atom. The van der Waals surface area contributed by atoms with Crippen LogP contribution in [0.1, 0.15) is 11.3 Å². The third kappa shape index (κ3) is 3.75. The van der Waals surface area contributed by atoms with Crippen molar-refractivity contribution >= 4 is 23.4 Å². The normalized spacial score (nSPS) is 10.9. The van der Waals surface area contributed by atoms with Crippen LogP contribution in [0.4, 0.5) is 0 Å². The molecule has 0 atom stereocenters. The minimum Gasteiger partial charge on any atom is -0.314 e. The molecule has 0 radical (unpaired) electrons. The molecule has 0 aliphatic heterocycles. The topological polar surface area (TPSA) is 42.7 Å². The van der Waals surface area contributed by atoms with Gasteiger partial charge in [-0.1, -0.05) is 29.8 Å². The van der Waals surface area contributed by atoms with Gasteiger partial charge in [-0.25, -0.2) is 9.67 Å². The number of para-hydroxylation sites is 1. The van der Waals surface area contributed by atoms with E-state index in [4.69, 9.17) is 11.6 Å². The van der Waals surface area contributed by atoms with Crippen molar-refractivity contribution in [3.63, 3.8) is 0 Å². The first-order chi connectivity index (χ1) is 11.2. The van der Waals surface area contributed by atoms with Crippen molar-refractivity contribution in [1.29, 1.82) is 0 Å². The van der Waals surface area contributed by atoms with Crippen LogP contribution in [0.25, 0.3) is 5.69 Å². The lowest BCUT2D eigenvalue weighted by Crippen LogP contribution is -2.06. The second-order valence-corrected chi connectivity index (χ2v) is 6.59. The molecule has 0 amide bonds. The van der Waals surface area contributed by atoms with Gasteiger partial charge in [0.25, 0.3) is 0 Å². The van der Waals surface area contributed by atoms with Gasteiger partial charge in [0.15, 0.2) is 0 Å². The Balaban J connectivity index is 2.01. The summed E-state index contributed by atoms with van der Waals surface area (Å²) in [6.07, 6.45) is 1.87. The zero-order valence-electron chi connectivity index (χ0n) is 13.0. The van der Waals surface area contributed by atoms with E-state index in [0.717, 1.165) is 27.0 Å². The molecule has 0 aliphatic rings. The Labute approximate surface area is 144 Å². The lowest BCUT2D eigenvalue weighted by Gasteiger charge is -2.08. The average Bonchev–Trinajstić information content (AvgIpc) is 2.93. The van der Waals surface area contributed by atoms with Crippen LogP contribution < -0.4 is 5.32 Å². The molecule has 0 saturated heterocycles. The summed E-state index contributed by atoms with van der Waals surface area (Å²) in [5, 5.41) is 10.4. The van der Waals surface area contributed by atoms with Crippen LogP contribution in [0, 0.1) is 6.92 Å². The number of hydrogen-bond donors (Lipinski definition) is 1. The zero-order valence-corrected chi connectivity index (χ0v) is 14.5. The highest BCUT2D eigenvalue weighted by molar-refractivity contribution is 7.99. The van der Waals surface area contributed by atoms with Crippen molar-refractivity contribution in [2.75, 3.05) is 7.05 Å². The molecule has 0 fully saturated rings. The molecule has 0 bridgehead atoms. The number of nitrogens with zero attached hydrogens (tertiary/aromatic N) is 3. The molecule has 1 aromatic carbocycles. The molecule has 4 nitrogen and oxygen atoms in total. The van der Waals surface area contributed by atoms with E-state index in [-0.39, 0.29) is 0 Å². The first-order valence-electron chi connectivity index (χ1n) is 7.26. The van der Waals surface area contributed by atoms with Crippen molar-refractivity contribution in [2.45, 2.75) is 23.5 Å². The maximum absolute atomic E-state index is 6.34. The number of aromatic nitrogens is 3. The van der Waals surface area contributed by atoms with Gasteiger partial charge in [0.1, 0.15) is 10.1 Å². The Morgan fingerprint density at radius 3 is 2.74 bits per heavy atom. The summed E-state index contributed by atoms with van der Waals surface area (Å²) in [7, 11) is 1.91. The number of nitrogens with one attached hydrogen (secondary N) is 1. The van der Waals surface area contributed by atoms with Crippen LogP contribution in [-0.4, -0.2) is 21.8 Å². The molecule has 23 heavy (non-hydrogen) atoms. The number of benzene rings is 1. The number of halogens is 1. The third-order valence-electron chi connectivity index (χ3n) is 3.26. The Hall–Kier alpha value is -1.82. The minimum atomic E-state index is 0.672. The summed E-state index contributed by atoms with van der Waals surface area (Å²) < 4.78 is 1.88. The molecule has 2 heterocycles. The highest BCUT2D eigenvalue weighted by atomic mass is 35.5. The number of aryl methyl sites for hydroxylation is 1. The second kappa shape index (κ2) is 7.17. The summed E-state index contributed by atoms with van der Waals surface area (Å²) in [4.78, 5) is 4.46. The second-order valence-electron chi connectivity index (χ2n) is 5.14. The van der Waals surface area contributed by atoms with E-state index in [9.17, 15) is 0 Å². The maximum atomic E-state index is 6.34. The lowest BCUT2D eigenvalue weighted by molar-refractivity contribution is 0.739. The molecule has 0 spiro atoms. The fourth-order valence-corrected chi connectivity index (χ4v) is 3.26. The molecule has 3 rings (SSSR count). The van der Waals surface area contributed by atoms with Crippen LogP contribution >= 0.6 is 23.4 Å². The first kappa shape index (κ1) is 16.1. The van der Waals surface area contributed by atoms with Crippen molar-refractivity contribution < 1.29 is 0 Å². The van der Waals surface area contributed by atoms with Crippen LogP contribution in [0.2, 0.25) is 5.02 Å². The SMILES string of the molecule is CNCc1cc(Sc2ccc(C)cn2)n(-c2ccccc2Cl)n1. The molecular formula is C17H17ClN4S. The van der Waals surface area contributed by atoms with Gasteiger partial charge < -0.3 is 5.32 Å². The van der Waals surface area contributed by atoms with Gasteiger partial charge >= 0.3 is 0 Å². The first-order valence-corrected chi connectivity index (χ1v) is 8.46. The smallest absolute Gasteiger partial charge is 0.106 e. The average molecular weight is 345 g/mol. The van der Waals surface area contributed by atoms with Crippen molar-refractivity contribution in [3.05, 3.63) is 64.9 Å². The molecule has 3 aromatic rings. The molecular weight excluding hydrogens is 328 g/mol. The lowest BCUT2D eigenvalue weighted by atomic mass is 10.3. The van der Waals surface area contributed by atoms with Crippen molar-refractivity contribution in [1.82, 2.24) is 20.1 Å². The van der Waals surface area contributed by atoms with E-state index in [0.29, 0.717) is 11.6 Å². The number of rotatable bonds is 5. The summed E-state index contributed by atoms with van der Waals surface area (Å²) >= 11 is 7.92. The number of hydrogen-bond acceptors (Lipinski definition) is 4. The molecule has 0 saturated carbocycles. The third-order valence-corrected chi connectivity index (χ3v) is 4.53. The molecule has 0 unspecified atom stereocenters. The Bertz CT molecular complexity index is 799. The van der Waals surface area contributed by atoms with Gasteiger partial charge in [0.05, 0.1) is 16.4 Å². The monoisotopic (exact) mass is 344 g/mol. The maximum Gasteiger partial charge on any atom is 0.106 e. The fraction of sp³-hybridized carbons (Fsp3) is 0.176. The predicted octanol–water partition coefficient (Wildman–Crippen LogP) is 4.10. The van der Waals surface area contributed by atoms with Crippen molar-refractivity contribution in [3.8, 4) is 5.69 Å². The summed E-state index contributed by atoms with van der Waals surface area (Å²) in [6.45, 7) is 2.73.